The number of quaternary nitrogens is 1. The molecule has 1 aliphatic rings. The molecule has 2 aromatic carbocycles. The lowest BCUT2D eigenvalue weighted by atomic mass is 10.1. The molecule has 0 bridgehead atoms. The van der Waals surface area contributed by atoms with Gasteiger partial charge in [0.05, 0.1) is 26.7 Å². The number of hydrogen-bond donors (Lipinski definition) is 0. The van der Waals surface area contributed by atoms with Gasteiger partial charge in [0.2, 0.25) is 0 Å². The third-order valence-corrected chi connectivity index (χ3v) is 4.94. The first-order chi connectivity index (χ1) is 10.6. The van der Waals surface area contributed by atoms with Crippen molar-refractivity contribution in [3.63, 3.8) is 0 Å². The van der Waals surface area contributed by atoms with Crippen molar-refractivity contribution in [3.05, 3.63) is 65.7 Å². The van der Waals surface area contributed by atoms with Crippen LogP contribution >= 0.6 is 0 Å². The highest BCUT2D eigenvalue weighted by atomic mass is 16.5. The van der Waals surface area contributed by atoms with E-state index in [4.69, 9.17) is 4.74 Å². The zero-order valence-corrected chi connectivity index (χ0v) is 13.7. The Labute approximate surface area is 133 Å². The van der Waals surface area contributed by atoms with Crippen molar-refractivity contribution in [1.82, 2.24) is 5.01 Å². The van der Waals surface area contributed by atoms with E-state index in [1.54, 1.807) is 7.11 Å². The molecule has 1 aliphatic heterocycles. The second-order valence-corrected chi connectivity index (χ2v) is 6.36. The third-order valence-electron chi connectivity index (χ3n) is 4.94. The molecule has 1 fully saturated rings. The van der Waals surface area contributed by atoms with Gasteiger partial charge >= 0.3 is 0 Å². The highest BCUT2D eigenvalue weighted by molar-refractivity contribution is 5.28. The molecule has 2 unspecified atom stereocenters. The van der Waals surface area contributed by atoms with Crippen molar-refractivity contribution in [2.45, 2.75) is 19.0 Å². The smallest absolute Gasteiger partial charge is 0.122 e. The second kappa shape index (κ2) is 6.11. The molecule has 3 nitrogen and oxygen atoms in total. The van der Waals surface area contributed by atoms with Gasteiger partial charge in [-0.05, 0) is 17.7 Å². The highest BCUT2D eigenvalue weighted by Crippen LogP contribution is 2.36. The van der Waals surface area contributed by atoms with E-state index in [9.17, 15) is 0 Å². The normalized spacial score (nSPS) is 25.3. The molecule has 2 aromatic rings. The highest BCUT2D eigenvalue weighted by Gasteiger charge is 2.41. The lowest BCUT2D eigenvalue weighted by Gasteiger charge is -2.37. The van der Waals surface area contributed by atoms with Crippen LogP contribution in [0.1, 0.15) is 23.6 Å². The Morgan fingerprint density at radius 1 is 1.14 bits per heavy atom. The van der Waals surface area contributed by atoms with Crippen LogP contribution in [0, 0.1) is 0 Å². The number of hydrogen-bond acceptors (Lipinski definition) is 2. The number of methoxy groups -OCH3 is 1. The second-order valence-electron chi connectivity index (χ2n) is 6.36. The summed E-state index contributed by atoms with van der Waals surface area (Å²) in [4.78, 5) is 0. The molecule has 0 saturated carbocycles. The van der Waals surface area contributed by atoms with E-state index in [0.717, 1.165) is 23.4 Å². The molecule has 3 heteroatoms. The Balaban J connectivity index is 1.79. The van der Waals surface area contributed by atoms with Gasteiger partial charge in [0.15, 0.2) is 0 Å². The number of nitrogens with zero attached hydrogens (tertiary/aromatic N) is 2. The summed E-state index contributed by atoms with van der Waals surface area (Å²) >= 11 is 0. The van der Waals surface area contributed by atoms with Gasteiger partial charge in [-0.1, -0.05) is 42.5 Å². The Hall–Kier alpha value is -1.84. The first kappa shape index (κ1) is 15.1. The minimum absolute atomic E-state index is 0.497. The predicted molar refractivity (Wildman–Crippen MR) is 89.3 cm³/mol. The molecule has 0 spiro atoms. The first-order valence-corrected chi connectivity index (χ1v) is 7.88. The summed E-state index contributed by atoms with van der Waals surface area (Å²) in [6.07, 6.45) is 1.20. The van der Waals surface area contributed by atoms with Crippen LogP contribution < -0.4 is 4.74 Å². The lowest BCUT2D eigenvalue weighted by Crippen LogP contribution is -2.50. The van der Waals surface area contributed by atoms with Crippen molar-refractivity contribution in [2.24, 2.45) is 0 Å². The zero-order valence-electron chi connectivity index (χ0n) is 13.7. The number of ether oxygens (including phenoxy) is 1. The third kappa shape index (κ3) is 2.87. The van der Waals surface area contributed by atoms with Gasteiger partial charge in [0.25, 0.3) is 0 Å². The van der Waals surface area contributed by atoms with Crippen LogP contribution in [-0.4, -0.2) is 37.4 Å². The van der Waals surface area contributed by atoms with E-state index < -0.39 is 0 Å². The lowest BCUT2D eigenvalue weighted by molar-refractivity contribution is -1.02. The van der Waals surface area contributed by atoms with Crippen LogP contribution in [0.25, 0.3) is 0 Å². The van der Waals surface area contributed by atoms with Gasteiger partial charge in [-0.2, -0.15) is 5.01 Å². The number of benzene rings is 2. The summed E-state index contributed by atoms with van der Waals surface area (Å²) in [6, 6.07) is 19.7. The van der Waals surface area contributed by atoms with Crippen LogP contribution in [0.2, 0.25) is 0 Å². The molecule has 0 radical (unpaired) electrons. The van der Waals surface area contributed by atoms with Crippen molar-refractivity contribution < 1.29 is 9.33 Å². The summed E-state index contributed by atoms with van der Waals surface area (Å²) in [5.41, 5.74) is 2.74. The number of rotatable bonds is 4. The Kier molecular flexibility index (Phi) is 4.19. The molecule has 1 heterocycles. The Morgan fingerprint density at radius 3 is 2.64 bits per heavy atom. The van der Waals surface area contributed by atoms with Crippen LogP contribution in [0.5, 0.6) is 5.75 Å². The SMILES string of the molecule is COc1cccc(C[N+]2(C)CCC(c3ccccc3)N2C)c1. The van der Waals surface area contributed by atoms with E-state index in [1.807, 2.05) is 6.07 Å². The average Bonchev–Trinajstić information content (AvgIpc) is 2.84. The van der Waals surface area contributed by atoms with E-state index >= 15 is 0 Å². The van der Waals surface area contributed by atoms with E-state index in [2.05, 4.69) is 67.6 Å². The molecule has 0 N–H and O–H groups in total. The molecular weight excluding hydrogens is 272 g/mol. The predicted octanol–water partition coefficient (Wildman–Crippen LogP) is 3.63. The standard InChI is InChI=1S/C19H25N2O/c1-20-19(17-9-5-4-6-10-17)12-13-21(20,2)15-16-8-7-11-18(14-16)22-3/h4-11,14,19H,12-13,15H2,1-3H3/q+1. The van der Waals surface area contributed by atoms with Gasteiger partial charge in [0.1, 0.15) is 12.3 Å². The van der Waals surface area contributed by atoms with Gasteiger partial charge in [-0.3, -0.25) is 0 Å². The summed E-state index contributed by atoms with van der Waals surface area (Å²) in [7, 11) is 6.29. The van der Waals surface area contributed by atoms with Crippen molar-refractivity contribution >= 4 is 0 Å². The quantitative estimate of drug-likeness (QED) is 0.799. The molecule has 2 atom stereocenters. The molecule has 0 aromatic heterocycles. The average molecular weight is 297 g/mol. The van der Waals surface area contributed by atoms with Crippen LogP contribution in [0.4, 0.5) is 0 Å². The van der Waals surface area contributed by atoms with Crippen molar-refractivity contribution in [1.29, 1.82) is 0 Å². The fourth-order valence-corrected chi connectivity index (χ4v) is 3.49. The minimum Gasteiger partial charge on any atom is -0.497 e. The Morgan fingerprint density at radius 2 is 1.91 bits per heavy atom. The maximum Gasteiger partial charge on any atom is 0.122 e. The monoisotopic (exact) mass is 297 g/mol. The fraction of sp³-hybridized carbons (Fsp3) is 0.368. The summed E-state index contributed by atoms with van der Waals surface area (Å²) < 4.78 is 6.29. The fourth-order valence-electron chi connectivity index (χ4n) is 3.49. The zero-order chi connectivity index (χ0) is 15.6. The van der Waals surface area contributed by atoms with Crippen LogP contribution in [-0.2, 0) is 6.54 Å². The first-order valence-electron chi connectivity index (χ1n) is 7.88. The topological polar surface area (TPSA) is 12.5 Å². The minimum atomic E-state index is 0.497. The summed E-state index contributed by atoms with van der Waals surface area (Å²) in [5.74, 6) is 0.936. The van der Waals surface area contributed by atoms with E-state index in [0.29, 0.717) is 6.04 Å². The maximum atomic E-state index is 5.35. The Bertz CT molecular complexity index is 628. The van der Waals surface area contributed by atoms with E-state index in [1.165, 1.54) is 17.5 Å². The molecule has 116 valence electrons. The summed E-state index contributed by atoms with van der Waals surface area (Å²) in [6.45, 7) is 2.16. The largest absolute Gasteiger partial charge is 0.497 e. The molecule has 3 rings (SSSR count). The van der Waals surface area contributed by atoms with Gasteiger partial charge < -0.3 is 4.74 Å². The van der Waals surface area contributed by atoms with Crippen molar-refractivity contribution in [3.8, 4) is 5.75 Å². The molecule has 1 saturated heterocycles. The molecule has 22 heavy (non-hydrogen) atoms. The molecule has 0 aliphatic carbocycles. The maximum absolute atomic E-state index is 5.35. The van der Waals surface area contributed by atoms with Gasteiger partial charge in [0, 0.05) is 19.0 Å². The van der Waals surface area contributed by atoms with Crippen LogP contribution in [0.15, 0.2) is 54.6 Å². The van der Waals surface area contributed by atoms with Crippen LogP contribution in [0.3, 0.4) is 0 Å². The van der Waals surface area contributed by atoms with Gasteiger partial charge in [-0.25, -0.2) is 4.59 Å². The molecular formula is C19H25N2O+. The van der Waals surface area contributed by atoms with E-state index in [-0.39, 0.29) is 0 Å². The van der Waals surface area contributed by atoms with Crippen molar-refractivity contribution in [2.75, 3.05) is 27.7 Å². The molecule has 0 amide bonds. The summed E-state index contributed by atoms with van der Waals surface area (Å²) in [5, 5.41) is 2.49. The van der Waals surface area contributed by atoms with Gasteiger partial charge in [-0.15, -0.1) is 0 Å².